The molecule has 0 saturated heterocycles. The van der Waals surface area contributed by atoms with Crippen molar-refractivity contribution in [1.29, 1.82) is 0 Å². The van der Waals surface area contributed by atoms with E-state index in [2.05, 4.69) is 15.5 Å². The van der Waals surface area contributed by atoms with E-state index in [0.29, 0.717) is 26.4 Å². The number of hydrogen-bond donors (Lipinski definition) is 1. The lowest BCUT2D eigenvalue weighted by Crippen LogP contribution is -2.14. The summed E-state index contributed by atoms with van der Waals surface area (Å²) in [6.45, 7) is 0. The minimum absolute atomic E-state index is 0.0506. The van der Waals surface area contributed by atoms with E-state index in [4.69, 9.17) is 0 Å². The highest BCUT2D eigenvalue weighted by molar-refractivity contribution is 8.00. The van der Waals surface area contributed by atoms with Crippen LogP contribution in [0.1, 0.15) is 11.1 Å². The van der Waals surface area contributed by atoms with Crippen LogP contribution in [0.2, 0.25) is 0 Å². The van der Waals surface area contributed by atoms with Gasteiger partial charge in [0.25, 0.3) is 0 Å². The number of rotatable bonds is 6. The summed E-state index contributed by atoms with van der Waals surface area (Å²) < 4.78 is 27.3. The Bertz CT molecular complexity index is 886. The summed E-state index contributed by atoms with van der Waals surface area (Å²) in [5.41, 5.74) is 1.16. The maximum Gasteiger partial charge on any atom is 0.230 e. The first-order valence-corrected chi connectivity index (χ1v) is 9.14. The molecule has 0 radical (unpaired) electrons. The summed E-state index contributed by atoms with van der Waals surface area (Å²) >= 11 is 2.56. The normalized spacial score (nSPS) is 10.6. The second-order valence-electron chi connectivity index (χ2n) is 5.11. The van der Waals surface area contributed by atoms with E-state index in [9.17, 15) is 13.6 Å². The topological polar surface area (TPSA) is 54.9 Å². The zero-order chi connectivity index (χ0) is 17.6. The highest BCUT2D eigenvalue weighted by Gasteiger charge is 2.11. The third-order valence-corrected chi connectivity index (χ3v) is 5.24. The standard InChI is InChI=1S/C17H13F2N3OS2/c18-13-6-3-4-11(8-13)9-15(23)20-16-21-22-17(25-16)24-10-12-5-1-2-7-14(12)19/h1-8H,9-10H2,(H,20,21,23). The van der Waals surface area contributed by atoms with Crippen molar-refractivity contribution in [1.82, 2.24) is 10.2 Å². The molecule has 4 nitrogen and oxygen atoms in total. The first kappa shape index (κ1) is 17.5. The van der Waals surface area contributed by atoms with Crippen LogP contribution in [0.4, 0.5) is 13.9 Å². The summed E-state index contributed by atoms with van der Waals surface area (Å²) in [6.07, 6.45) is 0.0506. The molecular weight excluding hydrogens is 364 g/mol. The molecule has 0 unspecified atom stereocenters. The average Bonchev–Trinajstić information content (AvgIpc) is 3.01. The molecule has 25 heavy (non-hydrogen) atoms. The molecule has 0 atom stereocenters. The second kappa shape index (κ2) is 8.17. The zero-order valence-electron chi connectivity index (χ0n) is 12.9. The van der Waals surface area contributed by atoms with Crippen LogP contribution in [0.15, 0.2) is 52.9 Å². The van der Waals surface area contributed by atoms with Crippen LogP contribution in [-0.4, -0.2) is 16.1 Å². The smallest absolute Gasteiger partial charge is 0.230 e. The van der Waals surface area contributed by atoms with Gasteiger partial charge in [-0.1, -0.05) is 53.4 Å². The molecule has 128 valence electrons. The molecule has 0 spiro atoms. The molecule has 8 heteroatoms. The molecule has 0 bridgehead atoms. The summed E-state index contributed by atoms with van der Waals surface area (Å²) in [4.78, 5) is 12.0. The van der Waals surface area contributed by atoms with Crippen LogP contribution in [0.5, 0.6) is 0 Å². The van der Waals surface area contributed by atoms with Crippen molar-refractivity contribution in [2.24, 2.45) is 0 Å². The fraction of sp³-hybridized carbons (Fsp3) is 0.118. The Kier molecular flexibility index (Phi) is 5.72. The lowest BCUT2D eigenvalue weighted by Gasteiger charge is -2.01. The third-order valence-electron chi connectivity index (χ3n) is 3.22. The zero-order valence-corrected chi connectivity index (χ0v) is 14.5. The van der Waals surface area contributed by atoms with Gasteiger partial charge < -0.3 is 5.32 Å². The maximum absolute atomic E-state index is 13.6. The summed E-state index contributed by atoms with van der Waals surface area (Å²) in [6, 6.07) is 12.4. The van der Waals surface area contributed by atoms with Gasteiger partial charge in [0.05, 0.1) is 6.42 Å². The van der Waals surface area contributed by atoms with Gasteiger partial charge in [-0.2, -0.15) is 0 Å². The van der Waals surface area contributed by atoms with Gasteiger partial charge in [0.1, 0.15) is 11.6 Å². The minimum Gasteiger partial charge on any atom is -0.300 e. The van der Waals surface area contributed by atoms with E-state index in [1.165, 1.54) is 41.3 Å². The number of amides is 1. The molecular formula is C17H13F2N3OS2. The lowest BCUT2D eigenvalue weighted by molar-refractivity contribution is -0.115. The Labute approximate surface area is 151 Å². The van der Waals surface area contributed by atoms with Gasteiger partial charge in [0, 0.05) is 5.75 Å². The third kappa shape index (κ3) is 5.07. The molecule has 3 aromatic rings. The lowest BCUT2D eigenvalue weighted by atomic mass is 10.1. The molecule has 1 amide bonds. The predicted octanol–water partition coefficient (Wildman–Crippen LogP) is 4.29. The molecule has 1 heterocycles. The average molecular weight is 377 g/mol. The number of carbonyl (C=O) groups is 1. The molecule has 2 aromatic carbocycles. The van der Waals surface area contributed by atoms with Gasteiger partial charge in [-0.05, 0) is 29.3 Å². The number of nitrogens with zero attached hydrogens (tertiary/aromatic N) is 2. The van der Waals surface area contributed by atoms with Crippen LogP contribution in [0.25, 0.3) is 0 Å². The number of aromatic nitrogens is 2. The molecule has 0 aliphatic carbocycles. The fourth-order valence-corrected chi connectivity index (χ4v) is 3.82. The van der Waals surface area contributed by atoms with Crippen LogP contribution in [0, 0.1) is 11.6 Å². The largest absolute Gasteiger partial charge is 0.300 e. The van der Waals surface area contributed by atoms with Crippen molar-refractivity contribution in [2.75, 3.05) is 5.32 Å². The number of anilines is 1. The quantitative estimate of drug-likeness (QED) is 0.514. The number of benzene rings is 2. The summed E-state index contributed by atoms with van der Waals surface area (Å²) in [5.74, 6) is -0.512. The molecule has 0 aliphatic heterocycles. The van der Waals surface area contributed by atoms with Crippen LogP contribution >= 0.6 is 23.1 Å². The van der Waals surface area contributed by atoms with Crippen molar-refractivity contribution in [3.05, 3.63) is 71.3 Å². The predicted molar refractivity (Wildman–Crippen MR) is 94.6 cm³/mol. The van der Waals surface area contributed by atoms with E-state index in [0.717, 1.165) is 0 Å². The van der Waals surface area contributed by atoms with Gasteiger partial charge >= 0.3 is 0 Å². The van der Waals surface area contributed by atoms with Crippen LogP contribution in [-0.2, 0) is 17.0 Å². The summed E-state index contributed by atoms with van der Waals surface area (Å²) in [7, 11) is 0. The second-order valence-corrected chi connectivity index (χ2v) is 7.31. The van der Waals surface area contributed by atoms with Gasteiger partial charge in [0.15, 0.2) is 4.34 Å². The van der Waals surface area contributed by atoms with Gasteiger partial charge in [0.2, 0.25) is 11.0 Å². The highest BCUT2D eigenvalue weighted by Crippen LogP contribution is 2.29. The number of hydrogen-bond acceptors (Lipinski definition) is 5. The van der Waals surface area contributed by atoms with Crippen molar-refractivity contribution >= 4 is 34.1 Å². The molecule has 0 aliphatic rings. The minimum atomic E-state index is -0.381. The number of thioether (sulfide) groups is 1. The maximum atomic E-state index is 13.6. The van der Waals surface area contributed by atoms with E-state index >= 15 is 0 Å². The molecule has 1 N–H and O–H groups in total. The van der Waals surface area contributed by atoms with Crippen LogP contribution < -0.4 is 5.32 Å². The molecule has 3 rings (SSSR count). The SMILES string of the molecule is O=C(Cc1cccc(F)c1)Nc1nnc(SCc2ccccc2F)s1. The van der Waals surface area contributed by atoms with Crippen molar-refractivity contribution in [2.45, 2.75) is 16.5 Å². The van der Waals surface area contributed by atoms with E-state index in [1.54, 1.807) is 30.3 Å². The van der Waals surface area contributed by atoms with Gasteiger partial charge in [-0.15, -0.1) is 10.2 Å². The number of nitrogens with one attached hydrogen (secondary N) is 1. The van der Waals surface area contributed by atoms with Gasteiger partial charge in [-0.25, -0.2) is 8.78 Å². The molecule has 0 saturated carbocycles. The molecule has 0 fully saturated rings. The van der Waals surface area contributed by atoms with E-state index in [1.807, 2.05) is 0 Å². The van der Waals surface area contributed by atoms with Gasteiger partial charge in [-0.3, -0.25) is 4.79 Å². The van der Waals surface area contributed by atoms with Crippen molar-refractivity contribution in [3.8, 4) is 0 Å². The number of halogens is 2. The van der Waals surface area contributed by atoms with Crippen LogP contribution in [0.3, 0.4) is 0 Å². The number of carbonyl (C=O) groups excluding carboxylic acids is 1. The van der Waals surface area contributed by atoms with E-state index < -0.39 is 0 Å². The Morgan fingerprint density at radius 3 is 2.76 bits per heavy atom. The molecule has 1 aromatic heterocycles. The first-order chi connectivity index (χ1) is 12.1. The Balaban J connectivity index is 1.54. The first-order valence-electron chi connectivity index (χ1n) is 7.34. The Hall–Kier alpha value is -2.32. The monoisotopic (exact) mass is 377 g/mol. The van der Waals surface area contributed by atoms with Crippen molar-refractivity contribution in [3.63, 3.8) is 0 Å². The highest BCUT2D eigenvalue weighted by atomic mass is 32.2. The van der Waals surface area contributed by atoms with Crippen molar-refractivity contribution < 1.29 is 13.6 Å². The van der Waals surface area contributed by atoms with E-state index in [-0.39, 0.29) is 24.0 Å². The fourth-order valence-electron chi connectivity index (χ4n) is 2.07. The Morgan fingerprint density at radius 2 is 1.96 bits per heavy atom. The Morgan fingerprint density at radius 1 is 1.12 bits per heavy atom. The summed E-state index contributed by atoms with van der Waals surface area (Å²) in [5, 5.41) is 10.9.